The number of hydrogen-bond acceptors (Lipinski definition) is 5. The van der Waals surface area contributed by atoms with Gasteiger partial charge in [0, 0.05) is 0 Å². The normalized spacial score (nSPS) is 11.2. The molecule has 140 valence electrons. The van der Waals surface area contributed by atoms with Crippen LogP contribution in [-0.2, 0) is 0 Å². The lowest BCUT2D eigenvalue weighted by Crippen LogP contribution is -2.39. The minimum absolute atomic E-state index is 0.0187. The smallest absolute Gasteiger partial charge is 0.317 e. The van der Waals surface area contributed by atoms with Crippen molar-refractivity contribution < 1.29 is 23.7 Å². The summed E-state index contributed by atoms with van der Waals surface area (Å²) in [6.07, 6.45) is 0. The highest BCUT2D eigenvalue weighted by molar-refractivity contribution is 5.74. The average Bonchev–Trinajstić information content (AvgIpc) is 2.67. The fraction of sp³-hybridized carbons (Fsp3) is 0.316. The second-order valence-corrected chi connectivity index (χ2v) is 5.43. The van der Waals surface area contributed by atoms with Crippen LogP contribution in [0.15, 0.2) is 42.5 Å². The first-order valence-electron chi connectivity index (χ1n) is 8.11. The number of carbonyl (C=O) groups excluding carboxylic acids is 1. The van der Waals surface area contributed by atoms with Crippen molar-refractivity contribution in [1.82, 2.24) is 10.6 Å². The topological polar surface area (TPSA) is 78.1 Å². The molecule has 0 aliphatic carbocycles. The summed E-state index contributed by atoms with van der Waals surface area (Å²) in [6, 6.07) is 12.2. The molecule has 0 spiro atoms. The van der Waals surface area contributed by atoms with E-state index >= 15 is 0 Å². The van der Waals surface area contributed by atoms with Gasteiger partial charge in [-0.1, -0.05) is 18.2 Å². The molecule has 0 saturated carbocycles. The highest BCUT2D eigenvalue weighted by atomic mass is 16.5. The first-order valence-corrected chi connectivity index (χ1v) is 8.11. The van der Waals surface area contributed by atoms with Gasteiger partial charge in [0.1, 0.15) is 0 Å². The molecule has 0 aliphatic rings. The summed E-state index contributed by atoms with van der Waals surface area (Å²) in [5, 5.41) is 5.49. The van der Waals surface area contributed by atoms with Crippen molar-refractivity contribution in [2.24, 2.45) is 0 Å². The summed E-state index contributed by atoms with van der Waals surface area (Å²) >= 11 is 0. The number of urea groups is 1. The Morgan fingerprint density at radius 2 is 1.54 bits per heavy atom. The number of para-hydroxylation sites is 2. The molecule has 26 heavy (non-hydrogen) atoms. The molecular weight excluding hydrogens is 336 g/mol. The summed E-state index contributed by atoms with van der Waals surface area (Å²) in [6.45, 7) is 1.90. The minimum atomic E-state index is -0.345. The number of nitrogens with one attached hydrogen (secondary N) is 2. The number of hydrogen-bond donors (Lipinski definition) is 2. The first-order chi connectivity index (χ1) is 12.6. The third-order valence-corrected chi connectivity index (χ3v) is 3.78. The van der Waals surface area contributed by atoms with E-state index in [9.17, 15) is 4.79 Å². The predicted octanol–water partition coefficient (Wildman–Crippen LogP) is 3.11. The Labute approximate surface area is 153 Å². The Balaban J connectivity index is 1.87. The second-order valence-electron chi connectivity index (χ2n) is 5.43. The molecule has 2 amide bonds. The lowest BCUT2D eigenvalue weighted by atomic mass is 10.1. The van der Waals surface area contributed by atoms with Crippen LogP contribution in [0.2, 0.25) is 0 Å². The lowest BCUT2D eigenvalue weighted by molar-refractivity contribution is 0.219. The van der Waals surface area contributed by atoms with Crippen LogP contribution >= 0.6 is 0 Å². The second kappa shape index (κ2) is 9.41. The van der Waals surface area contributed by atoms with Gasteiger partial charge in [-0.2, -0.15) is 0 Å². The molecule has 0 radical (unpaired) electrons. The molecule has 0 saturated heterocycles. The summed E-state index contributed by atoms with van der Waals surface area (Å²) in [5.41, 5.74) is 0.892. The minimum Gasteiger partial charge on any atom is -0.493 e. The van der Waals surface area contributed by atoms with Crippen LogP contribution in [0.4, 0.5) is 4.79 Å². The van der Waals surface area contributed by atoms with Gasteiger partial charge < -0.3 is 29.6 Å². The predicted molar refractivity (Wildman–Crippen MR) is 98.1 cm³/mol. The zero-order valence-corrected chi connectivity index (χ0v) is 15.4. The van der Waals surface area contributed by atoms with Gasteiger partial charge in [-0.3, -0.25) is 0 Å². The molecule has 0 aliphatic heterocycles. The fourth-order valence-corrected chi connectivity index (χ4v) is 2.37. The van der Waals surface area contributed by atoms with E-state index in [1.165, 1.54) is 0 Å². The van der Waals surface area contributed by atoms with Crippen molar-refractivity contribution >= 4 is 6.03 Å². The maximum atomic E-state index is 12.1. The van der Waals surface area contributed by atoms with Crippen LogP contribution in [-0.4, -0.2) is 34.1 Å². The molecule has 1 unspecified atom stereocenters. The van der Waals surface area contributed by atoms with Gasteiger partial charge in [0.05, 0.1) is 27.4 Å². The van der Waals surface area contributed by atoms with E-state index in [1.807, 2.05) is 31.2 Å². The van der Waals surface area contributed by atoms with Crippen molar-refractivity contribution in [3.8, 4) is 23.0 Å². The molecule has 2 aromatic rings. The standard InChI is InChI=1S/C19H24N2O5/c1-13(14-9-10-16(24-3)18(11-14)25-4)21-19(22)20-12-26-17-8-6-5-7-15(17)23-2/h5-11,13H,12H2,1-4H3,(H2,20,21,22). The van der Waals surface area contributed by atoms with Crippen LogP contribution in [0.25, 0.3) is 0 Å². The molecule has 0 fully saturated rings. The molecule has 7 nitrogen and oxygen atoms in total. The Kier molecular flexibility index (Phi) is 6.96. The van der Waals surface area contributed by atoms with Crippen molar-refractivity contribution in [1.29, 1.82) is 0 Å². The van der Waals surface area contributed by atoms with E-state index in [2.05, 4.69) is 10.6 Å². The molecular formula is C19H24N2O5. The van der Waals surface area contributed by atoms with Gasteiger partial charge in [0.2, 0.25) is 0 Å². The molecule has 7 heteroatoms. The highest BCUT2D eigenvalue weighted by Crippen LogP contribution is 2.29. The summed E-state index contributed by atoms with van der Waals surface area (Å²) in [7, 11) is 4.71. The molecule has 0 aromatic heterocycles. The van der Waals surface area contributed by atoms with E-state index in [-0.39, 0.29) is 18.8 Å². The molecule has 2 aromatic carbocycles. The van der Waals surface area contributed by atoms with Crippen molar-refractivity contribution in [3.05, 3.63) is 48.0 Å². The number of amides is 2. The Bertz CT molecular complexity index is 736. The van der Waals surface area contributed by atoms with Gasteiger partial charge >= 0.3 is 6.03 Å². The SMILES string of the molecule is COc1ccc(C(C)NC(=O)NCOc2ccccc2OC)cc1OC. The van der Waals surface area contributed by atoms with Crippen LogP contribution in [0.5, 0.6) is 23.0 Å². The van der Waals surface area contributed by atoms with Crippen LogP contribution in [0.1, 0.15) is 18.5 Å². The van der Waals surface area contributed by atoms with E-state index < -0.39 is 0 Å². The molecule has 2 rings (SSSR count). The number of benzene rings is 2. The largest absolute Gasteiger partial charge is 0.493 e. The number of carbonyl (C=O) groups is 1. The molecule has 0 heterocycles. The first kappa shape index (κ1) is 19.2. The molecule has 2 N–H and O–H groups in total. The Hall–Kier alpha value is -3.09. The van der Waals surface area contributed by atoms with Crippen molar-refractivity contribution in [2.45, 2.75) is 13.0 Å². The Morgan fingerprint density at radius 3 is 2.19 bits per heavy atom. The van der Waals surface area contributed by atoms with Gasteiger partial charge in [-0.15, -0.1) is 0 Å². The van der Waals surface area contributed by atoms with E-state index in [1.54, 1.807) is 39.5 Å². The van der Waals surface area contributed by atoms with Gasteiger partial charge in [-0.25, -0.2) is 4.79 Å². The zero-order valence-electron chi connectivity index (χ0n) is 15.4. The van der Waals surface area contributed by atoms with Gasteiger partial charge in [0.25, 0.3) is 0 Å². The molecule has 1 atom stereocenters. The van der Waals surface area contributed by atoms with Gasteiger partial charge in [-0.05, 0) is 36.8 Å². The summed E-state index contributed by atoms with van der Waals surface area (Å²) in [4.78, 5) is 12.1. The lowest BCUT2D eigenvalue weighted by Gasteiger charge is -2.17. The van der Waals surface area contributed by atoms with Crippen molar-refractivity contribution in [2.75, 3.05) is 28.1 Å². The maximum absolute atomic E-state index is 12.1. The number of ether oxygens (including phenoxy) is 4. The summed E-state index contributed by atoms with van der Waals surface area (Å²) in [5.74, 6) is 2.41. The number of rotatable bonds is 8. The fourth-order valence-electron chi connectivity index (χ4n) is 2.37. The third kappa shape index (κ3) is 4.95. The molecule has 0 bridgehead atoms. The summed E-state index contributed by atoms with van der Waals surface area (Å²) < 4.78 is 21.2. The van der Waals surface area contributed by atoms with E-state index in [0.29, 0.717) is 23.0 Å². The van der Waals surface area contributed by atoms with Crippen LogP contribution in [0, 0.1) is 0 Å². The zero-order chi connectivity index (χ0) is 18.9. The maximum Gasteiger partial charge on any atom is 0.317 e. The van der Waals surface area contributed by atoms with E-state index in [4.69, 9.17) is 18.9 Å². The van der Waals surface area contributed by atoms with E-state index in [0.717, 1.165) is 5.56 Å². The van der Waals surface area contributed by atoms with Crippen LogP contribution < -0.4 is 29.6 Å². The highest BCUT2D eigenvalue weighted by Gasteiger charge is 2.13. The quantitative estimate of drug-likeness (QED) is 0.707. The van der Waals surface area contributed by atoms with Crippen molar-refractivity contribution in [3.63, 3.8) is 0 Å². The van der Waals surface area contributed by atoms with Crippen LogP contribution in [0.3, 0.4) is 0 Å². The Morgan fingerprint density at radius 1 is 0.923 bits per heavy atom. The number of methoxy groups -OCH3 is 3. The third-order valence-electron chi connectivity index (χ3n) is 3.78. The van der Waals surface area contributed by atoms with Gasteiger partial charge in [0.15, 0.2) is 29.7 Å². The monoisotopic (exact) mass is 360 g/mol. The average molecular weight is 360 g/mol.